The van der Waals surface area contributed by atoms with Crippen LogP contribution in [0.25, 0.3) is 0 Å². The van der Waals surface area contributed by atoms with Crippen molar-refractivity contribution >= 4 is 5.91 Å². The van der Waals surface area contributed by atoms with Crippen LogP contribution in [-0.4, -0.2) is 54.7 Å². The van der Waals surface area contributed by atoms with Crippen LogP contribution in [0.3, 0.4) is 0 Å². The fourth-order valence-electron chi connectivity index (χ4n) is 3.31. The summed E-state index contributed by atoms with van der Waals surface area (Å²) in [6, 6.07) is 0. The second kappa shape index (κ2) is 5.97. The molecule has 1 amide bonds. The van der Waals surface area contributed by atoms with Crippen LogP contribution in [0.2, 0.25) is 0 Å². The summed E-state index contributed by atoms with van der Waals surface area (Å²) in [5, 5.41) is 2.90. The number of unbranched alkanes of at least 4 members (excludes halogenated alkanes) is 1. The zero-order valence-electron chi connectivity index (χ0n) is 14.5. The molecule has 132 valence electrons. The number of hydrogen-bond donors (Lipinski definition) is 1. The Morgan fingerprint density at radius 1 is 0.957 bits per heavy atom. The Bertz CT molecular complexity index is 465. The summed E-state index contributed by atoms with van der Waals surface area (Å²) in [5.74, 6) is -1.75. The lowest BCUT2D eigenvalue weighted by atomic mass is 9.98. The number of nitrogens with one attached hydrogen (secondary N) is 1. The number of hydrogen-bond acceptors (Lipinski definition) is 6. The van der Waals surface area contributed by atoms with E-state index in [2.05, 4.69) is 12.2 Å². The van der Waals surface area contributed by atoms with Crippen LogP contribution in [0, 0.1) is 0 Å². The van der Waals surface area contributed by atoms with E-state index in [4.69, 9.17) is 23.7 Å². The Balaban J connectivity index is 1.77. The van der Waals surface area contributed by atoms with Gasteiger partial charge in [0.25, 0.3) is 5.91 Å². The molecule has 7 nitrogen and oxygen atoms in total. The van der Waals surface area contributed by atoms with Crippen molar-refractivity contribution in [1.29, 1.82) is 0 Å². The first-order chi connectivity index (χ1) is 10.7. The summed E-state index contributed by atoms with van der Waals surface area (Å²) in [4.78, 5) is 12.5. The van der Waals surface area contributed by atoms with Crippen LogP contribution in [0.15, 0.2) is 0 Å². The molecule has 5 atom stereocenters. The molecule has 3 aliphatic heterocycles. The van der Waals surface area contributed by atoms with Crippen LogP contribution >= 0.6 is 0 Å². The first-order valence-electron chi connectivity index (χ1n) is 8.37. The van der Waals surface area contributed by atoms with Gasteiger partial charge >= 0.3 is 0 Å². The smallest absolute Gasteiger partial charge is 0.252 e. The lowest BCUT2D eigenvalue weighted by Crippen LogP contribution is -2.59. The van der Waals surface area contributed by atoms with Crippen LogP contribution < -0.4 is 5.32 Å². The molecule has 3 aliphatic rings. The van der Waals surface area contributed by atoms with Crippen molar-refractivity contribution in [2.24, 2.45) is 0 Å². The summed E-state index contributed by atoms with van der Waals surface area (Å²) in [5.41, 5.74) is 0. The molecule has 0 bridgehead atoms. The third kappa shape index (κ3) is 3.39. The van der Waals surface area contributed by atoms with Gasteiger partial charge < -0.3 is 29.0 Å². The van der Waals surface area contributed by atoms with Gasteiger partial charge in [-0.15, -0.1) is 0 Å². The molecule has 23 heavy (non-hydrogen) atoms. The van der Waals surface area contributed by atoms with Crippen molar-refractivity contribution in [1.82, 2.24) is 5.32 Å². The summed E-state index contributed by atoms with van der Waals surface area (Å²) in [6.45, 7) is 9.99. The molecule has 3 heterocycles. The van der Waals surface area contributed by atoms with E-state index < -0.39 is 42.3 Å². The van der Waals surface area contributed by atoms with Crippen molar-refractivity contribution in [3.05, 3.63) is 0 Å². The van der Waals surface area contributed by atoms with Crippen molar-refractivity contribution < 1.29 is 28.5 Å². The number of carbonyl (C=O) groups excluding carboxylic acids is 1. The molecule has 5 unspecified atom stereocenters. The fourth-order valence-corrected chi connectivity index (χ4v) is 3.31. The first-order valence-corrected chi connectivity index (χ1v) is 8.37. The van der Waals surface area contributed by atoms with Crippen molar-refractivity contribution in [3.8, 4) is 0 Å². The normalized spacial score (nSPS) is 40.5. The predicted molar refractivity (Wildman–Crippen MR) is 80.4 cm³/mol. The lowest BCUT2D eigenvalue weighted by Gasteiger charge is -2.36. The van der Waals surface area contributed by atoms with E-state index in [-0.39, 0.29) is 5.91 Å². The average molecular weight is 329 g/mol. The molecule has 0 aromatic rings. The van der Waals surface area contributed by atoms with Gasteiger partial charge in [-0.3, -0.25) is 4.79 Å². The Kier molecular flexibility index (Phi) is 4.44. The Labute approximate surface area is 136 Å². The maximum Gasteiger partial charge on any atom is 0.252 e. The van der Waals surface area contributed by atoms with Gasteiger partial charge in [-0.1, -0.05) is 13.3 Å². The number of fused-ring (bicyclic) bond motifs is 3. The number of ether oxygens (including phenoxy) is 5. The van der Waals surface area contributed by atoms with Gasteiger partial charge in [0.1, 0.15) is 18.3 Å². The second-order valence-corrected chi connectivity index (χ2v) is 7.23. The standard InChI is InChI=1S/C16H27NO6/c1-6-7-8-17-13(18)11-9-10(21-15(2,3)20-9)12-14(19-11)23-16(4,5)22-12/h9-12,14H,6-8H2,1-5H3,(H,17,18). The fraction of sp³-hybridized carbons (Fsp3) is 0.938. The maximum atomic E-state index is 12.5. The van der Waals surface area contributed by atoms with Gasteiger partial charge in [0.15, 0.2) is 24.0 Å². The molecule has 3 rings (SSSR count). The average Bonchev–Trinajstić information content (AvgIpc) is 2.92. The largest absolute Gasteiger partial charge is 0.354 e. The quantitative estimate of drug-likeness (QED) is 0.784. The molecule has 0 spiro atoms. The maximum absolute atomic E-state index is 12.5. The van der Waals surface area contributed by atoms with E-state index in [1.807, 2.05) is 27.7 Å². The van der Waals surface area contributed by atoms with Gasteiger partial charge in [0.2, 0.25) is 0 Å². The van der Waals surface area contributed by atoms with Crippen molar-refractivity contribution in [2.45, 2.75) is 89.7 Å². The minimum absolute atomic E-state index is 0.193. The minimum Gasteiger partial charge on any atom is -0.354 e. The van der Waals surface area contributed by atoms with E-state index in [1.54, 1.807) is 0 Å². The summed E-state index contributed by atoms with van der Waals surface area (Å²) in [6.07, 6.45) is -0.772. The Morgan fingerprint density at radius 2 is 1.57 bits per heavy atom. The molecular formula is C16H27NO6. The van der Waals surface area contributed by atoms with E-state index in [0.717, 1.165) is 12.8 Å². The van der Waals surface area contributed by atoms with Crippen LogP contribution in [-0.2, 0) is 28.5 Å². The zero-order valence-corrected chi connectivity index (χ0v) is 14.5. The second-order valence-electron chi connectivity index (χ2n) is 7.23. The highest BCUT2D eigenvalue weighted by Gasteiger charge is 2.62. The van der Waals surface area contributed by atoms with Gasteiger partial charge in [-0.25, -0.2) is 0 Å². The SMILES string of the molecule is CCCCNC(=O)C1OC2OC(C)(C)OC2C2OC(C)(C)OC12. The molecule has 3 saturated heterocycles. The molecule has 0 aliphatic carbocycles. The van der Waals surface area contributed by atoms with Gasteiger partial charge in [-0.2, -0.15) is 0 Å². The van der Waals surface area contributed by atoms with E-state index in [9.17, 15) is 4.79 Å². The summed E-state index contributed by atoms with van der Waals surface area (Å²) < 4.78 is 29.5. The number of amides is 1. The third-order valence-electron chi connectivity index (χ3n) is 4.24. The van der Waals surface area contributed by atoms with Gasteiger partial charge in [0, 0.05) is 6.54 Å². The third-order valence-corrected chi connectivity index (χ3v) is 4.24. The van der Waals surface area contributed by atoms with Gasteiger partial charge in [-0.05, 0) is 34.1 Å². The highest BCUT2D eigenvalue weighted by Crippen LogP contribution is 2.44. The highest BCUT2D eigenvalue weighted by atomic mass is 16.9. The minimum atomic E-state index is -0.786. The summed E-state index contributed by atoms with van der Waals surface area (Å²) >= 11 is 0. The Hall–Kier alpha value is -0.730. The number of rotatable bonds is 4. The zero-order chi connectivity index (χ0) is 16.8. The monoisotopic (exact) mass is 329 g/mol. The van der Waals surface area contributed by atoms with Gasteiger partial charge in [0.05, 0.1) is 0 Å². The molecular weight excluding hydrogens is 302 g/mol. The topological polar surface area (TPSA) is 75.3 Å². The highest BCUT2D eigenvalue weighted by molar-refractivity contribution is 5.81. The molecule has 0 aromatic carbocycles. The number of carbonyl (C=O) groups is 1. The molecule has 7 heteroatoms. The predicted octanol–water partition coefficient (Wildman–Crippen LogP) is 1.30. The van der Waals surface area contributed by atoms with Crippen LogP contribution in [0.5, 0.6) is 0 Å². The summed E-state index contributed by atoms with van der Waals surface area (Å²) in [7, 11) is 0. The lowest BCUT2D eigenvalue weighted by molar-refractivity contribution is -0.231. The molecule has 0 radical (unpaired) electrons. The van der Waals surface area contributed by atoms with E-state index >= 15 is 0 Å². The molecule has 1 N–H and O–H groups in total. The van der Waals surface area contributed by atoms with Crippen molar-refractivity contribution in [2.75, 3.05) is 6.54 Å². The molecule has 0 saturated carbocycles. The van der Waals surface area contributed by atoms with Crippen LogP contribution in [0.1, 0.15) is 47.5 Å². The molecule has 0 aromatic heterocycles. The molecule has 3 fully saturated rings. The van der Waals surface area contributed by atoms with Crippen molar-refractivity contribution in [3.63, 3.8) is 0 Å². The first kappa shape index (κ1) is 17.1. The Morgan fingerprint density at radius 3 is 2.26 bits per heavy atom. The van der Waals surface area contributed by atoms with Crippen LogP contribution in [0.4, 0.5) is 0 Å². The van der Waals surface area contributed by atoms with E-state index in [1.165, 1.54) is 0 Å². The van der Waals surface area contributed by atoms with E-state index in [0.29, 0.717) is 6.54 Å².